The van der Waals surface area contributed by atoms with E-state index in [1.54, 1.807) is 13.8 Å². The molecule has 2 rings (SSSR count). The average molecular weight is 315 g/mol. The van der Waals surface area contributed by atoms with Crippen LogP contribution < -0.4 is 11.2 Å². The van der Waals surface area contributed by atoms with Crippen LogP contribution in [0.25, 0.3) is 0 Å². The Morgan fingerprint density at radius 2 is 2.23 bits per heavy atom. The van der Waals surface area contributed by atoms with E-state index in [0.717, 1.165) is 0 Å². The van der Waals surface area contributed by atoms with E-state index < -0.39 is 42.2 Å². The highest BCUT2D eigenvalue weighted by atomic mass is 16.6. The second-order valence-electron chi connectivity index (χ2n) is 5.12. The Morgan fingerprint density at radius 1 is 1.50 bits per heavy atom. The number of methoxy groups -OCH3 is 1. The van der Waals surface area contributed by atoms with Crippen LogP contribution in [0, 0.1) is 6.92 Å². The summed E-state index contributed by atoms with van der Waals surface area (Å²) in [6.45, 7) is 3.67. The number of aliphatic hydroxyl groups excluding tert-OH is 1. The van der Waals surface area contributed by atoms with Gasteiger partial charge in [-0.05, 0) is 13.3 Å². The number of aliphatic hydroxyl groups is 1. The SMILES string of the molecule is [2H]C(C)[C@H]1O[C@@H](n2cc(C)c(=O)[nH]c2=O)[C@H](OCCOC)[C@@H]1O. The lowest BCUT2D eigenvalue weighted by Crippen LogP contribution is -2.40. The normalized spacial score (nSPS) is 30.3. The van der Waals surface area contributed by atoms with E-state index in [4.69, 9.17) is 15.6 Å². The smallest absolute Gasteiger partial charge is 0.330 e. The number of H-pyrrole nitrogens is 1. The van der Waals surface area contributed by atoms with Crippen molar-refractivity contribution >= 4 is 0 Å². The molecule has 2 N–H and O–H groups in total. The number of ether oxygens (including phenoxy) is 3. The number of nitrogens with zero attached hydrogens (tertiary/aromatic N) is 1. The highest BCUT2D eigenvalue weighted by molar-refractivity contribution is 5.03. The molecule has 2 heterocycles. The van der Waals surface area contributed by atoms with Crippen molar-refractivity contribution in [2.75, 3.05) is 20.3 Å². The highest BCUT2D eigenvalue weighted by Gasteiger charge is 2.45. The minimum absolute atomic E-state index is 0.203. The maximum Gasteiger partial charge on any atom is 0.330 e. The molecular formula is C14H22N2O6. The largest absolute Gasteiger partial charge is 0.388 e. The van der Waals surface area contributed by atoms with Crippen molar-refractivity contribution in [3.05, 3.63) is 32.6 Å². The van der Waals surface area contributed by atoms with E-state index >= 15 is 0 Å². The van der Waals surface area contributed by atoms with Crippen LogP contribution in [0.15, 0.2) is 15.8 Å². The first kappa shape index (κ1) is 15.4. The van der Waals surface area contributed by atoms with E-state index in [0.29, 0.717) is 12.2 Å². The third kappa shape index (κ3) is 3.30. The standard InChI is InChI=1S/C14H22N2O6/c1-4-9-10(17)11(21-6-5-20-3)13(22-9)16-7-8(2)12(18)15-14(16)19/h7,9-11,13,17H,4-6H2,1-3H3,(H,15,18,19)/t9-,10-,11-,13-/m1/s1/i4D/t4?,9-,10-,11-,13-. The second kappa shape index (κ2) is 7.19. The molecule has 1 saturated heterocycles. The Hall–Kier alpha value is -1.48. The summed E-state index contributed by atoms with van der Waals surface area (Å²) < 4.78 is 25.1. The zero-order chi connectivity index (χ0) is 17.1. The van der Waals surface area contributed by atoms with Crippen molar-refractivity contribution in [1.82, 2.24) is 9.55 Å². The van der Waals surface area contributed by atoms with Gasteiger partial charge in [0.1, 0.15) is 12.2 Å². The summed E-state index contributed by atoms with van der Waals surface area (Å²) in [5.74, 6) is 0. The van der Waals surface area contributed by atoms with Gasteiger partial charge < -0.3 is 19.3 Å². The number of hydrogen-bond donors (Lipinski definition) is 2. The molecule has 0 amide bonds. The minimum Gasteiger partial charge on any atom is -0.388 e. The Kier molecular flexibility index (Phi) is 5.04. The molecule has 0 bridgehead atoms. The van der Waals surface area contributed by atoms with Crippen LogP contribution in [0.3, 0.4) is 0 Å². The first-order valence-electron chi connectivity index (χ1n) is 7.63. The van der Waals surface area contributed by atoms with E-state index in [1.165, 1.54) is 17.9 Å². The molecule has 22 heavy (non-hydrogen) atoms. The van der Waals surface area contributed by atoms with Crippen LogP contribution in [-0.2, 0) is 14.2 Å². The zero-order valence-corrected chi connectivity index (χ0v) is 12.8. The fraction of sp³-hybridized carbons (Fsp3) is 0.714. The van der Waals surface area contributed by atoms with Crippen LogP contribution >= 0.6 is 0 Å². The summed E-state index contributed by atoms with van der Waals surface area (Å²) in [6.07, 6.45) is -2.98. The summed E-state index contributed by atoms with van der Waals surface area (Å²) in [5.41, 5.74) is -0.802. The molecule has 1 aromatic heterocycles. The lowest BCUT2D eigenvalue weighted by molar-refractivity contribution is -0.0798. The number of rotatable bonds is 6. The molecular weight excluding hydrogens is 292 g/mol. The molecule has 1 aliphatic rings. The molecule has 1 aliphatic heterocycles. The Bertz CT molecular complexity index is 643. The van der Waals surface area contributed by atoms with Crippen molar-refractivity contribution < 1.29 is 20.7 Å². The van der Waals surface area contributed by atoms with E-state index in [2.05, 4.69) is 4.98 Å². The molecule has 0 radical (unpaired) electrons. The Balaban J connectivity index is 2.34. The van der Waals surface area contributed by atoms with Gasteiger partial charge in [0, 0.05) is 20.2 Å². The predicted octanol–water partition coefficient (Wildman–Crippen LogP) is -0.455. The maximum atomic E-state index is 12.1. The van der Waals surface area contributed by atoms with Gasteiger partial charge in [-0.1, -0.05) is 6.92 Å². The number of nitrogens with one attached hydrogen (secondary N) is 1. The molecule has 1 fully saturated rings. The predicted molar refractivity (Wildman–Crippen MR) is 77.9 cm³/mol. The molecule has 5 atom stereocenters. The molecule has 0 aliphatic carbocycles. The van der Waals surface area contributed by atoms with Crippen LogP contribution in [-0.4, -0.2) is 53.3 Å². The van der Waals surface area contributed by atoms with Crippen LogP contribution in [0.5, 0.6) is 0 Å². The monoisotopic (exact) mass is 315 g/mol. The van der Waals surface area contributed by atoms with E-state index in [1.807, 2.05) is 0 Å². The lowest BCUT2D eigenvalue weighted by atomic mass is 10.1. The molecule has 8 nitrogen and oxygen atoms in total. The second-order valence-corrected chi connectivity index (χ2v) is 5.12. The van der Waals surface area contributed by atoms with Crippen LogP contribution in [0.1, 0.15) is 26.5 Å². The number of hydrogen-bond acceptors (Lipinski definition) is 6. The Labute approximate surface area is 129 Å². The summed E-state index contributed by atoms with van der Waals surface area (Å²) in [6, 6.07) is 0. The molecule has 0 saturated carbocycles. The van der Waals surface area contributed by atoms with Crippen molar-refractivity contribution in [2.45, 2.75) is 44.8 Å². The molecule has 8 heteroatoms. The third-order valence-corrected chi connectivity index (χ3v) is 3.60. The first-order valence-corrected chi connectivity index (χ1v) is 7.05. The summed E-state index contributed by atoms with van der Waals surface area (Å²) in [5, 5.41) is 10.4. The molecule has 1 aromatic rings. The van der Waals surface area contributed by atoms with Crippen molar-refractivity contribution in [1.29, 1.82) is 0 Å². The van der Waals surface area contributed by atoms with Gasteiger partial charge in [0.15, 0.2) is 6.23 Å². The van der Waals surface area contributed by atoms with Gasteiger partial charge in [-0.3, -0.25) is 14.3 Å². The van der Waals surface area contributed by atoms with E-state index in [-0.39, 0.29) is 6.61 Å². The van der Waals surface area contributed by atoms with E-state index in [9.17, 15) is 14.7 Å². The van der Waals surface area contributed by atoms with Gasteiger partial charge in [0.05, 0.1) is 19.3 Å². The Morgan fingerprint density at radius 3 is 2.86 bits per heavy atom. The fourth-order valence-corrected chi connectivity index (χ4v) is 2.40. The summed E-state index contributed by atoms with van der Waals surface area (Å²) in [4.78, 5) is 25.7. The molecule has 1 unspecified atom stereocenters. The highest BCUT2D eigenvalue weighted by Crippen LogP contribution is 2.32. The molecule has 0 spiro atoms. The van der Waals surface area contributed by atoms with Crippen molar-refractivity contribution in [3.8, 4) is 0 Å². The number of aromatic amines is 1. The van der Waals surface area contributed by atoms with Gasteiger partial charge >= 0.3 is 5.69 Å². The van der Waals surface area contributed by atoms with Gasteiger partial charge in [0.25, 0.3) is 5.56 Å². The topological polar surface area (TPSA) is 103 Å². The maximum absolute atomic E-state index is 12.1. The van der Waals surface area contributed by atoms with Crippen LogP contribution in [0.2, 0.25) is 0 Å². The third-order valence-electron chi connectivity index (χ3n) is 3.60. The zero-order valence-electron chi connectivity index (χ0n) is 13.8. The number of aryl methyl sites for hydroxylation is 1. The van der Waals surface area contributed by atoms with Gasteiger partial charge in [-0.15, -0.1) is 0 Å². The average Bonchev–Trinajstić information content (AvgIpc) is 2.81. The molecule has 124 valence electrons. The van der Waals surface area contributed by atoms with Crippen molar-refractivity contribution in [3.63, 3.8) is 0 Å². The van der Waals surface area contributed by atoms with Gasteiger partial charge in [-0.2, -0.15) is 0 Å². The quantitative estimate of drug-likeness (QED) is 0.689. The van der Waals surface area contributed by atoms with Crippen LogP contribution in [0.4, 0.5) is 0 Å². The first-order chi connectivity index (χ1) is 10.9. The summed E-state index contributed by atoms with van der Waals surface area (Å²) in [7, 11) is 1.52. The van der Waals surface area contributed by atoms with Gasteiger partial charge in [0.2, 0.25) is 0 Å². The minimum atomic E-state index is -1.07. The molecule has 0 aromatic carbocycles. The fourth-order valence-electron chi connectivity index (χ4n) is 2.40. The lowest BCUT2D eigenvalue weighted by Gasteiger charge is -2.22. The summed E-state index contributed by atoms with van der Waals surface area (Å²) >= 11 is 0. The van der Waals surface area contributed by atoms with Gasteiger partial charge in [-0.25, -0.2) is 4.79 Å². The number of aromatic nitrogens is 2. The van der Waals surface area contributed by atoms with Crippen molar-refractivity contribution in [2.24, 2.45) is 0 Å².